The molecule has 88 valence electrons. The van der Waals surface area contributed by atoms with Gasteiger partial charge in [0.05, 0.1) is 6.61 Å². The Kier molecular flexibility index (Phi) is 5.91. The Bertz CT molecular complexity index is 194. The van der Waals surface area contributed by atoms with Gasteiger partial charge in [-0.2, -0.15) is 0 Å². The third-order valence-corrected chi connectivity index (χ3v) is 2.81. The Morgan fingerprint density at radius 1 is 1.53 bits per heavy atom. The normalized spacial score (nSPS) is 20.9. The van der Waals surface area contributed by atoms with Crippen molar-refractivity contribution in [2.24, 2.45) is 0 Å². The monoisotopic (exact) mass is 212 g/mol. The van der Waals surface area contributed by atoms with E-state index in [1.165, 1.54) is 18.4 Å². The van der Waals surface area contributed by atoms with Gasteiger partial charge >= 0.3 is 0 Å². The molecule has 0 aromatic rings. The standard InChI is InChI=1S/C12H24N2O/c1-11(2)5-7-14(8-9-15)10-12-4-3-6-13-12/h5,12-13,15H,3-4,6-10H2,1-2H3. The molecule has 3 heteroatoms. The molecule has 0 amide bonds. The Balaban J connectivity index is 2.31. The lowest BCUT2D eigenvalue weighted by Crippen LogP contribution is -2.39. The van der Waals surface area contributed by atoms with Crippen LogP contribution in [-0.4, -0.2) is 48.8 Å². The van der Waals surface area contributed by atoms with E-state index >= 15 is 0 Å². The summed E-state index contributed by atoms with van der Waals surface area (Å²) in [4.78, 5) is 2.32. The Labute approximate surface area is 93.2 Å². The predicted molar refractivity (Wildman–Crippen MR) is 64.0 cm³/mol. The molecule has 1 fully saturated rings. The van der Waals surface area contributed by atoms with Gasteiger partial charge in [0.1, 0.15) is 0 Å². The number of rotatable bonds is 6. The van der Waals surface area contributed by atoms with Crippen LogP contribution in [0.5, 0.6) is 0 Å². The number of allylic oxidation sites excluding steroid dienone is 1. The molecule has 0 saturated carbocycles. The lowest BCUT2D eigenvalue weighted by Gasteiger charge is -2.23. The molecule has 0 aliphatic carbocycles. The molecule has 0 bridgehead atoms. The molecule has 1 unspecified atom stereocenters. The maximum atomic E-state index is 8.99. The molecule has 1 rings (SSSR count). The Hall–Kier alpha value is -0.380. The first kappa shape index (κ1) is 12.7. The number of hydrogen-bond acceptors (Lipinski definition) is 3. The zero-order valence-corrected chi connectivity index (χ0v) is 10.00. The van der Waals surface area contributed by atoms with Gasteiger partial charge in [0, 0.05) is 25.7 Å². The summed E-state index contributed by atoms with van der Waals surface area (Å²) in [6, 6.07) is 0.627. The van der Waals surface area contributed by atoms with Crippen molar-refractivity contribution >= 4 is 0 Å². The quantitative estimate of drug-likeness (QED) is 0.645. The molecule has 0 aromatic heterocycles. The summed E-state index contributed by atoms with van der Waals surface area (Å²) in [5.41, 5.74) is 1.34. The van der Waals surface area contributed by atoms with E-state index in [0.717, 1.165) is 26.2 Å². The number of hydrogen-bond donors (Lipinski definition) is 2. The van der Waals surface area contributed by atoms with Crippen LogP contribution in [0.15, 0.2) is 11.6 Å². The summed E-state index contributed by atoms with van der Waals surface area (Å²) in [5, 5.41) is 12.5. The zero-order valence-electron chi connectivity index (χ0n) is 10.00. The van der Waals surface area contributed by atoms with Crippen molar-refractivity contribution < 1.29 is 5.11 Å². The van der Waals surface area contributed by atoms with Crippen molar-refractivity contribution in [1.29, 1.82) is 0 Å². The van der Waals surface area contributed by atoms with Crippen LogP contribution in [0.3, 0.4) is 0 Å². The van der Waals surface area contributed by atoms with Crippen molar-refractivity contribution in [1.82, 2.24) is 10.2 Å². The van der Waals surface area contributed by atoms with E-state index in [9.17, 15) is 0 Å². The second-order valence-corrected chi connectivity index (χ2v) is 4.56. The van der Waals surface area contributed by atoms with Gasteiger partial charge in [-0.1, -0.05) is 11.6 Å². The van der Waals surface area contributed by atoms with E-state index in [-0.39, 0.29) is 6.61 Å². The summed E-state index contributed by atoms with van der Waals surface area (Å²) in [6.45, 7) is 8.44. The third kappa shape index (κ3) is 5.30. The third-order valence-electron chi connectivity index (χ3n) is 2.81. The van der Waals surface area contributed by atoms with Crippen molar-refractivity contribution in [2.75, 3.05) is 32.8 Å². The van der Waals surface area contributed by atoms with E-state index in [4.69, 9.17) is 5.11 Å². The smallest absolute Gasteiger partial charge is 0.0558 e. The molecule has 1 atom stereocenters. The molecule has 1 heterocycles. The molecular weight excluding hydrogens is 188 g/mol. The fraction of sp³-hybridized carbons (Fsp3) is 0.833. The van der Waals surface area contributed by atoms with Crippen molar-refractivity contribution in [2.45, 2.75) is 32.7 Å². The van der Waals surface area contributed by atoms with Gasteiger partial charge in [0.15, 0.2) is 0 Å². The van der Waals surface area contributed by atoms with Gasteiger partial charge in [-0.3, -0.25) is 4.90 Å². The first-order valence-electron chi connectivity index (χ1n) is 5.92. The molecule has 0 aromatic carbocycles. The van der Waals surface area contributed by atoms with Gasteiger partial charge in [-0.05, 0) is 33.2 Å². The number of aliphatic hydroxyl groups is 1. The van der Waals surface area contributed by atoms with Crippen molar-refractivity contribution in [3.05, 3.63) is 11.6 Å². The summed E-state index contributed by atoms with van der Waals surface area (Å²) in [6.07, 6.45) is 4.79. The van der Waals surface area contributed by atoms with Crippen molar-refractivity contribution in [3.8, 4) is 0 Å². The van der Waals surface area contributed by atoms with E-state index in [2.05, 4.69) is 30.1 Å². The highest BCUT2D eigenvalue weighted by molar-refractivity contribution is 4.95. The minimum atomic E-state index is 0.253. The number of aliphatic hydroxyl groups excluding tert-OH is 1. The molecule has 2 N–H and O–H groups in total. The summed E-state index contributed by atoms with van der Waals surface area (Å²) < 4.78 is 0. The first-order valence-corrected chi connectivity index (χ1v) is 5.92. The molecule has 3 nitrogen and oxygen atoms in total. The van der Waals surface area contributed by atoms with E-state index < -0.39 is 0 Å². The molecule has 1 aliphatic rings. The van der Waals surface area contributed by atoms with Gasteiger partial charge in [-0.25, -0.2) is 0 Å². The van der Waals surface area contributed by atoms with Crippen LogP contribution in [0.4, 0.5) is 0 Å². The molecule has 15 heavy (non-hydrogen) atoms. The summed E-state index contributed by atoms with van der Waals surface area (Å²) in [7, 11) is 0. The lowest BCUT2D eigenvalue weighted by atomic mass is 10.2. The van der Waals surface area contributed by atoms with Gasteiger partial charge in [-0.15, -0.1) is 0 Å². The van der Waals surface area contributed by atoms with E-state index in [0.29, 0.717) is 6.04 Å². The van der Waals surface area contributed by atoms with Crippen LogP contribution in [0.25, 0.3) is 0 Å². The van der Waals surface area contributed by atoms with Crippen LogP contribution in [0, 0.1) is 0 Å². The second-order valence-electron chi connectivity index (χ2n) is 4.56. The highest BCUT2D eigenvalue weighted by atomic mass is 16.3. The number of nitrogens with zero attached hydrogens (tertiary/aromatic N) is 1. The van der Waals surface area contributed by atoms with Crippen molar-refractivity contribution in [3.63, 3.8) is 0 Å². The lowest BCUT2D eigenvalue weighted by molar-refractivity contribution is 0.197. The topological polar surface area (TPSA) is 35.5 Å². The van der Waals surface area contributed by atoms with Crippen LogP contribution >= 0.6 is 0 Å². The summed E-state index contributed by atoms with van der Waals surface area (Å²) in [5.74, 6) is 0. The van der Waals surface area contributed by atoms with Gasteiger partial charge in [0.2, 0.25) is 0 Å². The molecule has 1 aliphatic heterocycles. The highest BCUT2D eigenvalue weighted by Gasteiger charge is 2.16. The average Bonchev–Trinajstić information content (AvgIpc) is 2.67. The van der Waals surface area contributed by atoms with Gasteiger partial charge in [0.25, 0.3) is 0 Å². The van der Waals surface area contributed by atoms with Crippen LogP contribution in [-0.2, 0) is 0 Å². The van der Waals surface area contributed by atoms with Crippen LogP contribution in [0.1, 0.15) is 26.7 Å². The highest BCUT2D eigenvalue weighted by Crippen LogP contribution is 2.07. The first-order chi connectivity index (χ1) is 7.22. The predicted octanol–water partition coefficient (Wildman–Crippen LogP) is 0.999. The van der Waals surface area contributed by atoms with E-state index in [1.807, 2.05) is 0 Å². The second kappa shape index (κ2) is 6.99. The summed E-state index contributed by atoms with van der Waals surface area (Å²) >= 11 is 0. The minimum Gasteiger partial charge on any atom is -0.395 e. The van der Waals surface area contributed by atoms with E-state index in [1.54, 1.807) is 0 Å². The minimum absolute atomic E-state index is 0.253. The molecule has 0 spiro atoms. The van der Waals surface area contributed by atoms with Gasteiger partial charge < -0.3 is 10.4 Å². The SMILES string of the molecule is CC(C)=CCN(CCO)CC1CCCN1. The number of nitrogens with one attached hydrogen (secondary N) is 1. The molecular formula is C12H24N2O. The zero-order chi connectivity index (χ0) is 11.1. The van der Waals surface area contributed by atoms with Crippen LogP contribution < -0.4 is 5.32 Å². The fourth-order valence-electron chi connectivity index (χ4n) is 1.93. The fourth-order valence-corrected chi connectivity index (χ4v) is 1.93. The molecule has 0 radical (unpaired) electrons. The average molecular weight is 212 g/mol. The largest absolute Gasteiger partial charge is 0.395 e. The molecule has 1 saturated heterocycles. The maximum absolute atomic E-state index is 8.99. The maximum Gasteiger partial charge on any atom is 0.0558 e. The van der Waals surface area contributed by atoms with Crippen LogP contribution in [0.2, 0.25) is 0 Å². The Morgan fingerprint density at radius 2 is 2.33 bits per heavy atom. The Morgan fingerprint density at radius 3 is 2.87 bits per heavy atom.